The molecule has 0 saturated carbocycles. The van der Waals surface area contributed by atoms with E-state index < -0.39 is 30.1 Å². The highest BCUT2D eigenvalue weighted by molar-refractivity contribution is 6.47. The molecule has 1 aliphatic heterocycles. The van der Waals surface area contributed by atoms with Crippen molar-refractivity contribution in [3.63, 3.8) is 0 Å². The fourth-order valence-electron chi connectivity index (χ4n) is 2.25. The van der Waals surface area contributed by atoms with E-state index in [4.69, 9.17) is 31.4 Å². The fraction of sp³-hybridized carbons (Fsp3) is 0.600. The maximum absolute atomic E-state index is 14.1. The molecule has 1 aromatic rings. The topological polar surface area (TPSA) is 53.7 Å². The lowest BCUT2D eigenvalue weighted by Crippen LogP contribution is -2.41. The highest BCUT2D eigenvalue weighted by Crippen LogP contribution is 2.40. The van der Waals surface area contributed by atoms with Gasteiger partial charge in [-0.15, -0.1) is 0 Å². The Morgan fingerprint density at radius 1 is 1.27 bits per heavy atom. The molecule has 0 aromatic heterocycles. The summed E-state index contributed by atoms with van der Waals surface area (Å²) in [5, 5.41) is 0.184. The molecule has 1 aromatic carbocycles. The number of benzene rings is 1. The van der Waals surface area contributed by atoms with Crippen molar-refractivity contribution in [2.24, 2.45) is 5.73 Å². The van der Waals surface area contributed by atoms with Crippen LogP contribution in [0.25, 0.3) is 0 Å². The molecule has 122 valence electrons. The molecule has 0 amide bonds. The number of ether oxygens (including phenoxy) is 1. The predicted molar refractivity (Wildman–Crippen MR) is 85.6 cm³/mol. The van der Waals surface area contributed by atoms with Crippen LogP contribution in [0.15, 0.2) is 12.1 Å². The van der Waals surface area contributed by atoms with Gasteiger partial charge in [-0.3, -0.25) is 0 Å². The Kier molecular flexibility index (Phi) is 4.78. The summed E-state index contributed by atoms with van der Waals surface area (Å²) in [6, 6.07) is 2.90. The Hall–Kier alpha value is -0.815. The van der Waals surface area contributed by atoms with Gasteiger partial charge in [0.2, 0.25) is 0 Å². The van der Waals surface area contributed by atoms with Crippen molar-refractivity contribution >= 4 is 18.7 Å². The lowest BCUT2D eigenvalue weighted by Gasteiger charge is -2.32. The maximum atomic E-state index is 14.1. The molecular weight excluding hydrogens is 307 g/mol. The molecule has 0 aliphatic carbocycles. The molecule has 1 aliphatic rings. The van der Waals surface area contributed by atoms with Crippen LogP contribution < -0.4 is 10.5 Å². The van der Waals surface area contributed by atoms with E-state index in [1.165, 1.54) is 6.07 Å². The highest BCUT2D eigenvalue weighted by atomic mass is 35.5. The van der Waals surface area contributed by atoms with Gasteiger partial charge in [0.15, 0.2) is 11.6 Å². The normalized spacial score (nSPS) is 21.0. The molecule has 0 unspecified atom stereocenters. The molecule has 1 saturated heterocycles. The van der Waals surface area contributed by atoms with Gasteiger partial charge >= 0.3 is 7.12 Å². The van der Waals surface area contributed by atoms with Gasteiger partial charge < -0.3 is 19.8 Å². The fourth-order valence-corrected chi connectivity index (χ4v) is 2.52. The molecule has 1 heterocycles. The van der Waals surface area contributed by atoms with Crippen LogP contribution in [-0.4, -0.2) is 24.9 Å². The van der Waals surface area contributed by atoms with Gasteiger partial charge in [0.25, 0.3) is 0 Å². The largest absolute Gasteiger partial charge is 0.489 e. The Bertz CT molecular complexity index is 529. The molecule has 0 bridgehead atoms. The molecule has 22 heavy (non-hydrogen) atoms. The first-order chi connectivity index (χ1) is 10.1. The van der Waals surface area contributed by atoms with Gasteiger partial charge in [-0.05, 0) is 52.3 Å². The minimum atomic E-state index is -0.668. The van der Waals surface area contributed by atoms with Crippen molar-refractivity contribution in [1.29, 1.82) is 0 Å². The number of rotatable bonds is 4. The molecule has 1 fully saturated rings. The van der Waals surface area contributed by atoms with Crippen LogP contribution in [0, 0.1) is 5.82 Å². The Labute approximate surface area is 136 Å². The van der Waals surface area contributed by atoms with Crippen LogP contribution in [0.4, 0.5) is 4.39 Å². The molecule has 2 rings (SSSR count). The van der Waals surface area contributed by atoms with E-state index in [1.54, 1.807) is 13.0 Å². The number of nitrogens with two attached hydrogens (primary N) is 1. The second-order valence-corrected chi connectivity index (χ2v) is 6.80. The summed E-state index contributed by atoms with van der Waals surface area (Å²) >= 11 is 6.07. The van der Waals surface area contributed by atoms with Crippen LogP contribution >= 0.6 is 11.6 Å². The number of hydrogen-bond donors (Lipinski definition) is 1. The van der Waals surface area contributed by atoms with Crippen LogP contribution in [0.2, 0.25) is 5.02 Å². The predicted octanol–water partition coefficient (Wildman–Crippen LogP) is 3.51. The first kappa shape index (κ1) is 17.5. The molecule has 4 nitrogen and oxygen atoms in total. The van der Waals surface area contributed by atoms with E-state index in [0.717, 1.165) is 0 Å². The van der Waals surface area contributed by atoms with Gasteiger partial charge in [-0.25, -0.2) is 4.39 Å². The van der Waals surface area contributed by atoms with Gasteiger partial charge in [0.1, 0.15) is 0 Å². The van der Waals surface area contributed by atoms with E-state index in [0.29, 0.717) is 12.2 Å². The van der Waals surface area contributed by atoms with Crippen molar-refractivity contribution < 1.29 is 18.4 Å². The smallest absolute Gasteiger partial charge is 0.480 e. The zero-order valence-corrected chi connectivity index (χ0v) is 14.3. The number of halogens is 2. The van der Waals surface area contributed by atoms with Crippen molar-refractivity contribution in [3.05, 3.63) is 28.5 Å². The molecule has 7 heteroatoms. The van der Waals surface area contributed by atoms with Crippen molar-refractivity contribution in [2.45, 2.75) is 51.8 Å². The first-order valence-corrected chi connectivity index (χ1v) is 7.70. The SMILES string of the molecule is CCOc1c(F)cc([C@H](N)B2OC(C)(C)C(C)(C)O2)cc1Cl. The molecule has 1 atom stereocenters. The quantitative estimate of drug-likeness (QED) is 0.859. The third kappa shape index (κ3) is 3.11. The minimum Gasteiger partial charge on any atom is -0.489 e. The van der Waals surface area contributed by atoms with Crippen LogP contribution in [0.5, 0.6) is 5.75 Å². The van der Waals surface area contributed by atoms with Gasteiger partial charge in [0.05, 0.1) is 28.8 Å². The highest BCUT2D eigenvalue weighted by Gasteiger charge is 2.53. The standard InChI is InChI=1S/C15H22BClFNO3/c1-6-20-12-10(17)7-9(8-11(12)18)13(19)16-21-14(2,3)15(4,5)22-16/h7-8,13H,6,19H2,1-5H3/t13-/m0/s1. The monoisotopic (exact) mass is 329 g/mol. The lowest BCUT2D eigenvalue weighted by atomic mass is 9.75. The van der Waals surface area contributed by atoms with E-state index >= 15 is 0 Å². The summed E-state index contributed by atoms with van der Waals surface area (Å²) < 4.78 is 31.1. The average Bonchev–Trinajstić information content (AvgIpc) is 2.61. The van der Waals surface area contributed by atoms with E-state index in [1.807, 2.05) is 27.7 Å². The summed E-state index contributed by atoms with van der Waals surface area (Å²) in [5.74, 6) is -1.16. The van der Waals surface area contributed by atoms with Crippen LogP contribution in [0.3, 0.4) is 0 Å². The first-order valence-electron chi connectivity index (χ1n) is 7.32. The van der Waals surface area contributed by atoms with Crippen LogP contribution in [-0.2, 0) is 9.31 Å². The Balaban J connectivity index is 2.26. The molecule has 0 spiro atoms. The van der Waals surface area contributed by atoms with E-state index in [-0.39, 0.29) is 10.8 Å². The summed E-state index contributed by atoms with van der Waals surface area (Å²) in [7, 11) is -0.668. The van der Waals surface area contributed by atoms with Gasteiger partial charge in [-0.1, -0.05) is 11.6 Å². The molecular formula is C15H22BClFNO3. The second-order valence-electron chi connectivity index (χ2n) is 6.40. The van der Waals surface area contributed by atoms with E-state index in [9.17, 15) is 4.39 Å². The summed E-state index contributed by atoms with van der Waals surface area (Å²) in [4.78, 5) is 0. The zero-order valence-electron chi connectivity index (χ0n) is 13.6. The molecule has 2 N–H and O–H groups in total. The summed E-state index contributed by atoms with van der Waals surface area (Å²) in [6.07, 6.45) is 0. The van der Waals surface area contributed by atoms with Gasteiger partial charge in [0, 0.05) is 0 Å². The van der Waals surface area contributed by atoms with Crippen molar-refractivity contribution in [3.8, 4) is 5.75 Å². The lowest BCUT2D eigenvalue weighted by molar-refractivity contribution is 0.00578. The summed E-state index contributed by atoms with van der Waals surface area (Å²) in [5.41, 5.74) is 5.70. The minimum absolute atomic E-state index is 0.0361. The van der Waals surface area contributed by atoms with E-state index in [2.05, 4.69) is 0 Å². The number of hydrogen-bond acceptors (Lipinski definition) is 4. The van der Waals surface area contributed by atoms with Gasteiger partial charge in [-0.2, -0.15) is 0 Å². The van der Waals surface area contributed by atoms with Crippen LogP contribution in [0.1, 0.15) is 46.1 Å². The molecule has 0 radical (unpaired) electrons. The maximum Gasteiger partial charge on any atom is 0.480 e. The average molecular weight is 330 g/mol. The third-order valence-corrected chi connectivity index (χ3v) is 4.54. The van der Waals surface area contributed by atoms with Crippen molar-refractivity contribution in [1.82, 2.24) is 0 Å². The Morgan fingerprint density at radius 3 is 2.27 bits per heavy atom. The third-order valence-electron chi connectivity index (χ3n) is 4.26. The second kappa shape index (κ2) is 6.00. The van der Waals surface area contributed by atoms with Crippen molar-refractivity contribution in [2.75, 3.05) is 6.61 Å². The Morgan fingerprint density at radius 2 is 1.82 bits per heavy atom. The zero-order chi connectivity index (χ0) is 16.7. The summed E-state index contributed by atoms with van der Waals surface area (Å²) in [6.45, 7) is 9.84.